The van der Waals surface area contributed by atoms with Crippen molar-refractivity contribution >= 4 is 28.9 Å². The highest BCUT2D eigenvalue weighted by Gasteiger charge is 2.46. The molecule has 0 radical (unpaired) electrons. The minimum Gasteiger partial charge on any atom is -0.357 e. The molecule has 3 rings (SSSR count). The van der Waals surface area contributed by atoms with Crippen LogP contribution in [0.15, 0.2) is 29.2 Å². The molecule has 138 valence electrons. The van der Waals surface area contributed by atoms with E-state index in [0.29, 0.717) is 13.0 Å². The molecule has 0 aliphatic carbocycles. The summed E-state index contributed by atoms with van der Waals surface area (Å²) in [5.74, 6) is -2.18. The Morgan fingerprint density at radius 1 is 1.42 bits per heavy atom. The molecule has 6 nitrogen and oxygen atoms in total. The topological polar surface area (TPSA) is 78.1 Å². The van der Waals surface area contributed by atoms with Crippen molar-refractivity contribution in [1.29, 1.82) is 0 Å². The fraction of sp³-hybridized carbons (Fsp3) is 0.353. The molecule has 1 saturated heterocycles. The number of aromatic amines is 1. The van der Waals surface area contributed by atoms with Crippen LogP contribution < -0.4 is 15.8 Å². The molecule has 9 heteroatoms. The second-order valence-corrected chi connectivity index (χ2v) is 7.23. The van der Waals surface area contributed by atoms with Gasteiger partial charge in [0, 0.05) is 12.6 Å². The van der Waals surface area contributed by atoms with Crippen molar-refractivity contribution < 1.29 is 13.6 Å². The number of H-pyrrole nitrogens is 1. The lowest BCUT2D eigenvalue weighted by atomic mass is 9.84. The summed E-state index contributed by atoms with van der Waals surface area (Å²) in [6, 6.07) is 2.80. The number of hydrogen-bond donors (Lipinski definition) is 2. The Morgan fingerprint density at radius 2 is 2.15 bits per heavy atom. The number of amides is 1. The van der Waals surface area contributed by atoms with Crippen LogP contribution in [0.25, 0.3) is 0 Å². The molecular formula is C17H17ClF2N4O2. The number of anilines is 2. The second kappa shape index (κ2) is 6.68. The van der Waals surface area contributed by atoms with Crippen LogP contribution in [0.4, 0.5) is 20.2 Å². The Hall–Kier alpha value is -2.48. The van der Waals surface area contributed by atoms with Gasteiger partial charge in [0.05, 0.1) is 17.6 Å². The number of carbonyl (C=O) groups is 1. The van der Waals surface area contributed by atoms with E-state index < -0.39 is 39.6 Å². The Bertz CT molecular complexity index is 916. The molecule has 0 spiro atoms. The maximum absolute atomic E-state index is 14.5. The van der Waals surface area contributed by atoms with Gasteiger partial charge in [-0.25, -0.2) is 13.9 Å². The monoisotopic (exact) mass is 382 g/mol. The first kappa shape index (κ1) is 18.3. The molecule has 2 aromatic rings. The normalized spacial score (nSPS) is 18.8. The van der Waals surface area contributed by atoms with Crippen molar-refractivity contribution in [3.05, 3.63) is 51.4 Å². The lowest BCUT2D eigenvalue weighted by Crippen LogP contribution is -2.47. The molecule has 2 heterocycles. The van der Waals surface area contributed by atoms with Crippen LogP contribution in [0.5, 0.6) is 0 Å². The zero-order valence-electron chi connectivity index (χ0n) is 14.1. The number of aromatic nitrogens is 2. The van der Waals surface area contributed by atoms with E-state index >= 15 is 0 Å². The average molecular weight is 383 g/mol. The van der Waals surface area contributed by atoms with Gasteiger partial charge in [-0.3, -0.25) is 9.59 Å². The largest absolute Gasteiger partial charge is 0.357 e. The van der Waals surface area contributed by atoms with Gasteiger partial charge in [0.1, 0.15) is 16.9 Å². The van der Waals surface area contributed by atoms with Crippen LogP contribution >= 0.6 is 11.6 Å². The first-order chi connectivity index (χ1) is 12.2. The molecule has 2 N–H and O–H groups in total. The summed E-state index contributed by atoms with van der Waals surface area (Å²) in [6.07, 6.45) is 1.92. The van der Waals surface area contributed by atoms with E-state index in [1.807, 2.05) is 13.8 Å². The quantitative estimate of drug-likeness (QED) is 0.800. The highest BCUT2D eigenvalue weighted by molar-refractivity contribution is 6.31. The molecular weight excluding hydrogens is 366 g/mol. The number of rotatable bonds is 3. The minimum atomic E-state index is -0.903. The Morgan fingerprint density at radius 3 is 2.85 bits per heavy atom. The Balaban J connectivity index is 1.95. The van der Waals surface area contributed by atoms with Crippen LogP contribution in [0.2, 0.25) is 5.02 Å². The lowest BCUT2D eigenvalue weighted by Gasteiger charge is -2.33. The number of halogens is 3. The number of benzene rings is 1. The molecule has 1 aliphatic rings. The highest BCUT2D eigenvalue weighted by Crippen LogP contribution is 2.41. The molecule has 1 aromatic carbocycles. The maximum Gasteiger partial charge on any atom is 0.266 e. The van der Waals surface area contributed by atoms with E-state index in [0.717, 1.165) is 6.07 Å². The van der Waals surface area contributed by atoms with Gasteiger partial charge in [0.2, 0.25) is 5.91 Å². The smallest absolute Gasteiger partial charge is 0.266 e. The van der Waals surface area contributed by atoms with Crippen molar-refractivity contribution in [2.75, 3.05) is 16.8 Å². The average Bonchev–Trinajstić information content (AvgIpc) is 2.88. The first-order valence-corrected chi connectivity index (χ1v) is 8.34. The predicted octanol–water partition coefficient (Wildman–Crippen LogP) is 2.95. The van der Waals surface area contributed by atoms with Gasteiger partial charge in [-0.15, -0.1) is 0 Å². The predicted molar refractivity (Wildman–Crippen MR) is 94.4 cm³/mol. The number of nitrogens with zero attached hydrogens (tertiary/aromatic N) is 2. The third-order valence-electron chi connectivity index (χ3n) is 4.55. The molecule has 1 aromatic heterocycles. The third-order valence-corrected chi connectivity index (χ3v) is 4.90. The molecule has 1 aliphatic heterocycles. The third kappa shape index (κ3) is 3.29. The summed E-state index contributed by atoms with van der Waals surface area (Å²) in [7, 11) is 0. The van der Waals surface area contributed by atoms with E-state index in [9.17, 15) is 18.4 Å². The van der Waals surface area contributed by atoms with Crippen LogP contribution in [0, 0.1) is 17.0 Å². The van der Waals surface area contributed by atoms with Gasteiger partial charge < -0.3 is 10.2 Å². The summed E-state index contributed by atoms with van der Waals surface area (Å²) >= 11 is 5.68. The number of nitrogens with one attached hydrogen (secondary N) is 2. The molecule has 0 saturated carbocycles. The molecule has 0 bridgehead atoms. The van der Waals surface area contributed by atoms with E-state index in [4.69, 9.17) is 11.6 Å². The number of hydrogen-bond acceptors (Lipinski definition) is 4. The van der Waals surface area contributed by atoms with Crippen LogP contribution in [-0.2, 0) is 4.79 Å². The van der Waals surface area contributed by atoms with Gasteiger partial charge in [0.25, 0.3) is 5.56 Å². The van der Waals surface area contributed by atoms with Gasteiger partial charge >= 0.3 is 0 Å². The lowest BCUT2D eigenvalue weighted by molar-refractivity contribution is -0.119. The van der Waals surface area contributed by atoms with Crippen LogP contribution in [-0.4, -0.2) is 28.7 Å². The van der Waals surface area contributed by atoms with E-state index in [-0.39, 0.29) is 11.4 Å². The van der Waals surface area contributed by atoms with Gasteiger partial charge in [0.15, 0.2) is 5.82 Å². The van der Waals surface area contributed by atoms with Gasteiger partial charge in [-0.1, -0.05) is 25.4 Å². The fourth-order valence-electron chi connectivity index (χ4n) is 3.24. The van der Waals surface area contributed by atoms with Crippen molar-refractivity contribution in [3.8, 4) is 0 Å². The Labute approximate surface area is 153 Å². The maximum atomic E-state index is 14.5. The van der Waals surface area contributed by atoms with Crippen molar-refractivity contribution in [3.63, 3.8) is 0 Å². The standard InChI is InChI=1S/C17H17ClF2N4O2/c1-17(2)5-6-24(11-4-3-10(19)13(18)14(11)20)15(17)16(26)22-9-7-12(25)23-21-8-9/h3-4,7-8,15H,5-6H2,1-2H3,(H2,22,23,25,26). The molecule has 26 heavy (non-hydrogen) atoms. The van der Waals surface area contributed by atoms with Crippen molar-refractivity contribution in [2.24, 2.45) is 5.41 Å². The molecule has 1 amide bonds. The summed E-state index contributed by atoms with van der Waals surface area (Å²) in [6.45, 7) is 4.17. The van der Waals surface area contributed by atoms with E-state index in [1.165, 1.54) is 18.3 Å². The SMILES string of the molecule is CC1(C)CCN(c2ccc(F)c(Cl)c2F)C1C(=O)Nc1cn[nH]c(=O)c1. The zero-order valence-corrected chi connectivity index (χ0v) is 14.9. The first-order valence-electron chi connectivity index (χ1n) is 7.96. The summed E-state index contributed by atoms with van der Waals surface area (Å²) in [5, 5.41) is 7.87. The van der Waals surface area contributed by atoms with Crippen LogP contribution in [0.1, 0.15) is 20.3 Å². The summed E-state index contributed by atoms with van der Waals surface area (Å²) < 4.78 is 28.0. The van der Waals surface area contributed by atoms with Crippen molar-refractivity contribution in [1.82, 2.24) is 10.2 Å². The fourth-order valence-corrected chi connectivity index (χ4v) is 3.40. The van der Waals surface area contributed by atoms with E-state index in [1.54, 1.807) is 4.90 Å². The zero-order chi connectivity index (χ0) is 19.1. The van der Waals surface area contributed by atoms with E-state index in [2.05, 4.69) is 15.5 Å². The molecule has 1 atom stereocenters. The van der Waals surface area contributed by atoms with Gasteiger partial charge in [-0.05, 0) is 24.0 Å². The van der Waals surface area contributed by atoms with Gasteiger partial charge in [-0.2, -0.15) is 5.10 Å². The number of carbonyl (C=O) groups excluding carboxylic acids is 1. The minimum absolute atomic E-state index is 0.0613. The molecule has 1 fully saturated rings. The van der Waals surface area contributed by atoms with Crippen LogP contribution in [0.3, 0.4) is 0 Å². The second-order valence-electron chi connectivity index (χ2n) is 6.85. The summed E-state index contributed by atoms with van der Waals surface area (Å²) in [4.78, 5) is 25.8. The summed E-state index contributed by atoms with van der Waals surface area (Å²) in [5.41, 5.74) is -0.640. The highest BCUT2D eigenvalue weighted by atomic mass is 35.5. The Kier molecular flexibility index (Phi) is 4.70. The molecule has 1 unspecified atom stereocenters. The van der Waals surface area contributed by atoms with Crippen molar-refractivity contribution in [2.45, 2.75) is 26.3 Å².